The number of rotatable bonds is 3. The third kappa shape index (κ3) is 2.07. The molecule has 0 amide bonds. The van der Waals surface area contributed by atoms with E-state index in [9.17, 15) is 4.39 Å². The molecule has 72 valence electrons. The highest BCUT2D eigenvalue weighted by atomic mass is 19.1. The van der Waals surface area contributed by atoms with Crippen LogP contribution in [0.25, 0.3) is 0 Å². The lowest BCUT2D eigenvalue weighted by atomic mass is 10.2. The van der Waals surface area contributed by atoms with Crippen molar-refractivity contribution in [2.45, 2.75) is 13.8 Å². The van der Waals surface area contributed by atoms with E-state index in [4.69, 9.17) is 0 Å². The first-order valence-electron chi connectivity index (χ1n) is 4.73. The van der Waals surface area contributed by atoms with Crippen molar-refractivity contribution >= 4 is 5.69 Å². The lowest BCUT2D eigenvalue weighted by molar-refractivity contribution is 0.364. The quantitative estimate of drug-likeness (QED) is 0.630. The summed E-state index contributed by atoms with van der Waals surface area (Å²) >= 11 is 0. The van der Waals surface area contributed by atoms with Gasteiger partial charge in [0.05, 0.1) is 20.1 Å². The molecule has 0 saturated heterocycles. The molecule has 1 nitrogen and oxygen atoms in total. The molecular formula is C11H17FN+. The molecule has 0 radical (unpaired) electrons. The van der Waals surface area contributed by atoms with Crippen molar-refractivity contribution in [2.75, 3.05) is 20.1 Å². The second kappa shape index (κ2) is 3.88. The molecule has 0 N–H and O–H groups in total. The van der Waals surface area contributed by atoms with Gasteiger partial charge in [-0.2, -0.15) is 0 Å². The Kier molecular flexibility index (Phi) is 3.04. The molecule has 1 aromatic rings. The van der Waals surface area contributed by atoms with Crippen molar-refractivity contribution in [3.63, 3.8) is 0 Å². The fourth-order valence-electron chi connectivity index (χ4n) is 1.39. The maximum Gasteiger partial charge on any atom is 0.132 e. The molecule has 0 aliphatic carbocycles. The minimum absolute atomic E-state index is 0.164. The van der Waals surface area contributed by atoms with Crippen LogP contribution in [-0.2, 0) is 0 Å². The predicted octanol–water partition coefficient (Wildman–Crippen LogP) is 2.80. The Bertz CT molecular complexity index is 262. The van der Waals surface area contributed by atoms with Crippen LogP contribution in [0.2, 0.25) is 0 Å². The molecule has 13 heavy (non-hydrogen) atoms. The molecular weight excluding hydrogens is 165 g/mol. The third-order valence-electron chi connectivity index (χ3n) is 2.85. The van der Waals surface area contributed by atoms with Gasteiger partial charge in [0.25, 0.3) is 0 Å². The van der Waals surface area contributed by atoms with Crippen LogP contribution in [0.15, 0.2) is 24.3 Å². The largest absolute Gasteiger partial charge is 0.294 e. The fraction of sp³-hybridized carbons (Fsp3) is 0.455. The highest BCUT2D eigenvalue weighted by Crippen LogP contribution is 2.20. The number of quaternary nitrogens is 1. The van der Waals surface area contributed by atoms with E-state index in [1.807, 2.05) is 12.1 Å². The summed E-state index contributed by atoms with van der Waals surface area (Å²) in [6.45, 7) is 6.35. The zero-order valence-corrected chi connectivity index (χ0v) is 8.55. The number of hydrogen-bond donors (Lipinski definition) is 0. The van der Waals surface area contributed by atoms with Crippen LogP contribution in [0, 0.1) is 5.82 Å². The van der Waals surface area contributed by atoms with Gasteiger partial charge in [-0.25, -0.2) is 4.39 Å². The lowest BCUT2D eigenvalue weighted by Gasteiger charge is -2.31. The maximum atomic E-state index is 12.7. The van der Waals surface area contributed by atoms with Gasteiger partial charge in [0, 0.05) is 12.1 Å². The van der Waals surface area contributed by atoms with Crippen molar-refractivity contribution in [1.82, 2.24) is 4.48 Å². The van der Waals surface area contributed by atoms with Gasteiger partial charge in [-0.1, -0.05) is 0 Å². The first kappa shape index (κ1) is 10.2. The summed E-state index contributed by atoms with van der Waals surface area (Å²) in [6, 6.07) is 6.78. The Morgan fingerprint density at radius 2 is 1.54 bits per heavy atom. The van der Waals surface area contributed by atoms with Crippen molar-refractivity contribution in [3.05, 3.63) is 30.1 Å². The summed E-state index contributed by atoms with van der Waals surface area (Å²) in [4.78, 5) is 0. The van der Waals surface area contributed by atoms with Crippen LogP contribution in [0.3, 0.4) is 0 Å². The molecule has 0 bridgehead atoms. The molecule has 2 heteroatoms. The minimum Gasteiger partial charge on any atom is -0.294 e. The van der Waals surface area contributed by atoms with Crippen LogP contribution in [0.5, 0.6) is 0 Å². The van der Waals surface area contributed by atoms with E-state index >= 15 is 0 Å². The van der Waals surface area contributed by atoms with E-state index in [2.05, 4.69) is 20.9 Å². The Balaban J connectivity index is 2.99. The van der Waals surface area contributed by atoms with Gasteiger partial charge >= 0.3 is 0 Å². The summed E-state index contributed by atoms with van der Waals surface area (Å²) in [5.41, 5.74) is 1.17. The number of hydrogen-bond acceptors (Lipinski definition) is 0. The highest BCUT2D eigenvalue weighted by molar-refractivity contribution is 5.41. The molecule has 0 atom stereocenters. The van der Waals surface area contributed by atoms with Crippen LogP contribution in [0.4, 0.5) is 10.1 Å². The zero-order chi connectivity index (χ0) is 9.90. The van der Waals surface area contributed by atoms with E-state index in [1.54, 1.807) is 0 Å². The monoisotopic (exact) mass is 182 g/mol. The molecule has 1 rings (SSSR count). The van der Waals surface area contributed by atoms with Crippen LogP contribution in [0.1, 0.15) is 13.8 Å². The summed E-state index contributed by atoms with van der Waals surface area (Å²) in [6.07, 6.45) is 0. The standard InChI is InChI=1S/C11H17FN/c1-4-13(3,5-2)11-8-6-10(12)7-9-11/h6-9H,4-5H2,1-3H3/q+1. The second-order valence-electron chi connectivity index (χ2n) is 3.50. The van der Waals surface area contributed by atoms with Crippen molar-refractivity contribution < 1.29 is 4.39 Å². The molecule has 0 aromatic heterocycles. The molecule has 1 aromatic carbocycles. The van der Waals surface area contributed by atoms with Crippen molar-refractivity contribution in [2.24, 2.45) is 0 Å². The van der Waals surface area contributed by atoms with Crippen molar-refractivity contribution in [1.29, 1.82) is 0 Å². The number of halogens is 1. The Labute approximate surface area is 79.4 Å². The van der Waals surface area contributed by atoms with E-state index < -0.39 is 0 Å². The summed E-state index contributed by atoms with van der Waals surface area (Å²) < 4.78 is 13.5. The lowest BCUT2D eigenvalue weighted by Crippen LogP contribution is -2.44. The molecule has 0 heterocycles. The molecule has 0 aliphatic heterocycles. The number of benzene rings is 1. The summed E-state index contributed by atoms with van der Waals surface area (Å²) in [5, 5.41) is 0. The Morgan fingerprint density at radius 3 is 1.92 bits per heavy atom. The van der Waals surface area contributed by atoms with Crippen molar-refractivity contribution in [3.8, 4) is 0 Å². The van der Waals surface area contributed by atoms with Gasteiger partial charge in [-0.3, -0.25) is 4.48 Å². The van der Waals surface area contributed by atoms with E-state index in [-0.39, 0.29) is 5.82 Å². The fourth-order valence-corrected chi connectivity index (χ4v) is 1.39. The maximum absolute atomic E-state index is 12.7. The SMILES string of the molecule is CC[N+](C)(CC)c1ccc(F)cc1. The van der Waals surface area contributed by atoms with Gasteiger partial charge < -0.3 is 0 Å². The van der Waals surface area contributed by atoms with E-state index in [1.165, 1.54) is 17.8 Å². The zero-order valence-electron chi connectivity index (χ0n) is 8.55. The normalized spacial score (nSPS) is 11.7. The van der Waals surface area contributed by atoms with Crippen LogP contribution < -0.4 is 4.48 Å². The molecule has 0 unspecified atom stereocenters. The third-order valence-corrected chi connectivity index (χ3v) is 2.85. The average Bonchev–Trinajstić information content (AvgIpc) is 2.18. The Hall–Kier alpha value is -0.890. The molecule has 0 saturated carbocycles. The first-order valence-corrected chi connectivity index (χ1v) is 4.73. The van der Waals surface area contributed by atoms with Gasteiger partial charge in [0.1, 0.15) is 11.5 Å². The van der Waals surface area contributed by atoms with Crippen LogP contribution in [-0.4, -0.2) is 20.1 Å². The Morgan fingerprint density at radius 1 is 1.08 bits per heavy atom. The summed E-state index contributed by atoms with van der Waals surface area (Å²) in [5.74, 6) is -0.164. The smallest absolute Gasteiger partial charge is 0.132 e. The van der Waals surface area contributed by atoms with Crippen LogP contribution >= 0.6 is 0 Å². The van der Waals surface area contributed by atoms with Gasteiger partial charge in [0.2, 0.25) is 0 Å². The van der Waals surface area contributed by atoms with Gasteiger partial charge in [-0.15, -0.1) is 0 Å². The summed E-state index contributed by atoms with van der Waals surface area (Å²) in [7, 11) is 2.16. The predicted molar refractivity (Wildman–Crippen MR) is 55.2 cm³/mol. The average molecular weight is 182 g/mol. The topological polar surface area (TPSA) is 0 Å². The molecule has 0 fully saturated rings. The molecule has 0 spiro atoms. The van der Waals surface area contributed by atoms with E-state index in [0.29, 0.717) is 0 Å². The van der Waals surface area contributed by atoms with Gasteiger partial charge in [-0.05, 0) is 26.0 Å². The molecule has 0 aliphatic rings. The minimum atomic E-state index is -0.164. The van der Waals surface area contributed by atoms with E-state index in [0.717, 1.165) is 17.6 Å². The number of nitrogens with zero attached hydrogens (tertiary/aromatic N) is 1. The first-order chi connectivity index (χ1) is 6.12. The highest BCUT2D eigenvalue weighted by Gasteiger charge is 2.19. The second-order valence-corrected chi connectivity index (χ2v) is 3.50. The van der Waals surface area contributed by atoms with Gasteiger partial charge in [0.15, 0.2) is 0 Å².